The Hall–Kier alpha value is -3.07. The Morgan fingerprint density at radius 1 is 0.682 bits per heavy atom. The second-order valence-corrected chi connectivity index (χ2v) is 4.77. The van der Waals surface area contributed by atoms with Gasteiger partial charge in [-0.15, -0.1) is 0 Å². The molecule has 3 heteroatoms. The van der Waals surface area contributed by atoms with Crippen molar-refractivity contribution in [1.29, 1.82) is 0 Å². The lowest BCUT2D eigenvalue weighted by Crippen LogP contribution is -1.98. The average Bonchev–Trinajstić information content (AvgIpc) is 2.57. The molecule has 0 aromatic heterocycles. The number of benzene rings is 3. The van der Waals surface area contributed by atoms with Gasteiger partial charge in [0.2, 0.25) is 5.69 Å². The van der Waals surface area contributed by atoms with Gasteiger partial charge in [-0.1, -0.05) is 36.4 Å². The average molecular weight is 289 g/mol. The van der Waals surface area contributed by atoms with Gasteiger partial charge in [-0.3, -0.25) is 0 Å². The molecule has 0 saturated heterocycles. The molecule has 0 N–H and O–H groups in total. The van der Waals surface area contributed by atoms with Crippen LogP contribution in [0.15, 0.2) is 84.9 Å². The highest BCUT2D eigenvalue weighted by molar-refractivity contribution is 5.76. The van der Waals surface area contributed by atoms with Crippen molar-refractivity contribution >= 4 is 11.9 Å². The van der Waals surface area contributed by atoms with Gasteiger partial charge in [-0.25, -0.2) is 0 Å². The Bertz CT molecular complexity index is 750. The van der Waals surface area contributed by atoms with Crippen molar-refractivity contribution in [3.8, 4) is 11.5 Å². The van der Waals surface area contributed by atoms with Gasteiger partial charge in [0, 0.05) is 17.7 Å². The van der Waals surface area contributed by atoms with Crippen LogP contribution in [0.3, 0.4) is 0 Å². The SMILES string of the molecule is [O-]/[N+](=C\c1ccccc1)c1ccc(Oc2ccccc2)cc1. The molecule has 0 fully saturated rings. The van der Waals surface area contributed by atoms with Crippen LogP contribution in [0.4, 0.5) is 5.69 Å². The number of hydrogen-bond acceptors (Lipinski definition) is 2. The Morgan fingerprint density at radius 3 is 1.86 bits per heavy atom. The number of ether oxygens (including phenoxy) is 1. The molecule has 22 heavy (non-hydrogen) atoms. The van der Waals surface area contributed by atoms with Crippen LogP contribution in [0.1, 0.15) is 5.56 Å². The van der Waals surface area contributed by atoms with Gasteiger partial charge >= 0.3 is 0 Å². The topological polar surface area (TPSA) is 35.3 Å². The first kappa shape index (κ1) is 13.9. The summed E-state index contributed by atoms with van der Waals surface area (Å²) < 4.78 is 6.55. The summed E-state index contributed by atoms with van der Waals surface area (Å²) >= 11 is 0. The maximum Gasteiger partial charge on any atom is 0.216 e. The smallest absolute Gasteiger partial charge is 0.216 e. The molecule has 0 aliphatic carbocycles. The van der Waals surface area contributed by atoms with Gasteiger partial charge in [0.1, 0.15) is 11.5 Å². The highest BCUT2D eigenvalue weighted by Gasteiger charge is 2.03. The van der Waals surface area contributed by atoms with E-state index in [-0.39, 0.29) is 0 Å². The summed E-state index contributed by atoms with van der Waals surface area (Å²) in [4.78, 5) is 0. The zero-order valence-corrected chi connectivity index (χ0v) is 11.9. The molecule has 3 aromatic rings. The van der Waals surface area contributed by atoms with Gasteiger partial charge in [0.05, 0.1) is 0 Å². The molecule has 0 atom stereocenters. The van der Waals surface area contributed by atoms with E-state index in [0.717, 1.165) is 16.1 Å². The summed E-state index contributed by atoms with van der Waals surface area (Å²) in [5.74, 6) is 1.47. The van der Waals surface area contributed by atoms with E-state index in [9.17, 15) is 5.21 Å². The Balaban J connectivity index is 1.75. The fourth-order valence-corrected chi connectivity index (χ4v) is 2.03. The summed E-state index contributed by atoms with van der Waals surface area (Å²) in [5, 5.41) is 12.1. The van der Waals surface area contributed by atoms with E-state index in [1.54, 1.807) is 30.5 Å². The van der Waals surface area contributed by atoms with Crippen LogP contribution >= 0.6 is 0 Å². The monoisotopic (exact) mass is 289 g/mol. The molecule has 0 unspecified atom stereocenters. The van der Waals surface area contributed by atoms with E-state index in [1.165, 1.54) is 0 Å². The maximum absolute atomic E-state index is 12.1. The molecule has 0 radical (unpaired) electrons. The first-order chi connectivity index (χ1) is 10.8. The predicted octanol–water partition coefficient (Wildman–Crippen LogP) is 4.74. The molecular weight excluding hydrogens is 274 g/mol. The zero-order chi connectivity index (χ0) is 15.2. The van der Waals surface area contributed by atoms with Crippen LogP contribution in [-0.4, -0.2) is 11.0 Å². The summed E-state index contributed by atoms with van der Waals surface area (Å²) in [6.45, 7) is 0. The minimum absolute atomic E-state index is 0.560. The van der Waals surface area contributed by atoms with Gasteiger partial charge in [-0.2, -0.15) is 4.74 Å². The molecule has 0 aliphatic rings. The highest BCUT2D eigenvalue weighted by atomic mass is 16.5. The zero-order valence-electron chi connectivity index (χ0n) is 11.9. The van der Waals surface area contributed by atoms with Crippen molar-refractivity contribution in [1.82, 2.24) is 0 Å². The Labute approximate surface area is 129 Å². The number of rotatable bonds is 4. The first-order valence-electron chi connectivity index (χ1n) is 7.00. The second kappa shape index (κ2) is 6.59. The van der Waals surface area contributed by atoms with E-state index in [1.807, 2.05) is 60.7 Å². The van der Waals surface area contributed by atoms with Gasteiger partial charge in [-0.05, 0) is 36.4 Å². The summed E-state index contributed by atoms with van der Waals surface area (Å²) in [6.07, 6.45) is 1.55. The first-order valence-corrected chi connectivity index (χ1v) is 7.00. The second-order valence-electron chi connectivity index (χ2n) is 4.77. The Kier molecular flexibility index (Phi) is 4.16. The van der Waals surface area contributed by atoms with Gasteiger partial charge < -0.3 is 9.94 Å². The summed E-state index contributed by atoms with van der Waals surface area (Å²) in [7, 11) is 0. The van der Waals surface area contributed by atoms with Gasteiger partial charge in [0.15, 0.2) is 6.21 Å². The molecule has 0 aliphatic heterocycles. The highest BCUT2D eigenvalue weighted by Crippen LogP contribution is 2.23. The largest absolute Gasteiger partial charge is 0.618 e. The molecule has 0 heterocycles. The van der Waals surface area contributed by atoms with Crippen LogP contribution in [0.5, 0.6) is 11.5 Å². The fourth-order valence-electron chi connectivity index (χ4n) is 2.03. The van der Waals surface area contributed by atoms with Crippen LogP contribution in [-0.2, 0) is 0 Å². The van der Waals surface area contributed by atoms with Crippen molar-refractivity contribution < 1.29 is 9.48 Å². The van der Waals surface area contributed by atoms with E-state index in [4.69, 9.17) is 4.74 Å². The van der Waals surface area contributed by atoms with Crippen LogP contribution in [0.2, 0.25) is 0 Å². The number of para-hydroxylation sites is 1. The molecule has 0 amide bonds. The number of hydrogen-bond donors (Lipinski definition) is 0. The van der Waals surface area contributed by atoms with E-state index in [2.05, 4.69) is 0 Å². The Morgan fingerprint density at radius 2 is 1.23 bits per heavy atom. The molecular formula is C19H15NO2. The summed E-state index contributed by atoms with van der Waals surface area (Å²) in [5.41, 5.74) is 1.42. The number of nitrogens with zero attached hydrogens (tertiary/aromatic N) is 1. The summed E-state index contributed by atoms with van der Waals surface area (Å²) in [6, 6.07) is 26.1. The lowest BCUT2D eigenvalue weighted by Gasteiger charge is -2.06. The minimum Gasteiger partial charge on any atom is -0.618 e. The van der Waals surface area contributed by atoms with Crippen molar-refractivity contribution in [3.63, 3.8) is 0 Å². The standard InChI is InChI=1S/C19H15NO2/c21-20(15-16-7-3-1-4-8-16)17-11-13-19(14-12-17)22-18-9-5-2-6-10-18/h1-15H/b20-15-. The van der Waals surface area contributed by atoms with Crippen molar-refractivity contribution in [3.05, 3.63) is 95.7 Å². The van der Waals surface area contributed by atoms with E-state index >= 15 is 0 Å². The quantitative estimate of drug-likeness (QED) is 0.301. The third-order valence-electron chi connectivity index (χ3n) is 3.14. The third kappa shape index (κ3) is 3.52. The van der Waals surface area contributed by atoms with Crippen molar-refractivity contribution in [2.24, 2.45) is 0 Å². The molecule has 0 spiro atoms. The molecule has 108 valence electrons. The van der Waals surface area contributed by atoms with Crippen LogP contribution < -0.4 is 4.74 Å². The maximum atomic E-state index is 12.1. The van der Waals surface area contributed by atoms with E-state index < -0.39 is 0 Å². The van der Waals surface area contributed by atoms with Gasteiger partial charge in [0.25, 0.3) is 0 Å². The molecule has 0 saturated carbocycles. The molecule has 0 bridgehead atoms. The van der Waals surface area contributed by atoms with Crippen molar-refractivity contribution in [2.75, 3.05) is 0 Å². The van der Waals surface area contributed by atoms with Crippen LogP contribution in [0, 0.1) is 5.21 Å². The molecule has 3 aromatic carbocycles. The fraction of sp³-hybridized carbons (Fsp3) is 0. The molecule has 3 nitrogen and oxygen atoms in total. The van der Waals surface area contributed by atoms with Crippen LogP contribution in [0.25, 0.3) is 0 Å². The lowest BCUT2D eigenvalue weighted by atomic mass is 10.2. The van der Waals surface area contributed by atoms with E-state index in [0.29, 0.717) is 11.4 Å². The third-order valence-corrected chi connectivity index (χ3v) is 3.14. The predicted molar refractivity (Wildman–Crippen MR) is 87.9 cm³/mol. The van der Waals surface area contributed by atoms with Crippen molar-refractivity contribution in [2.45, 2.75) is 0 Å². The molecule has 3 rings (SSSR count). The normalized spacial score (nSPS) is 11.2. The minimum atomic E-state index is 0.560. The lowest BCUT2D eigenvalue weighted by molar-refractivity contribution is -0.354.